The van der Waals surface area contributed by atoms with Gasteiger partial charge in [0, 0.05) is 18.2 Å². The molecule has 0 bridgehead atoms. The van der Waals surface area contributed by atoms with E-state index in [1.54, 1.807) is 13.0 Å². The molecule has 0 aliphatic carbocycles. The third-order valence-electron chi connectivity index (χ3n) is 3.15. The van der Waals surface area contributed by atoms with Gasteiger partial charge in [0.05, 0.1) is 6.61 Å². The minimum absolute atomic E-state index is 0.0720. The van der Waals surface area contributed by atoms with Gasteiger partial charge in [-0.2, -0.15) is 0 Å². The van der Waals surface area contributed by atoms with Crippen LogP contribution in [0.25, 0.3) is 0 Å². The molecule has 1 fully saturated rings. The van der Waals surface area contributed by atoms with Gasteiger partial charge in [-0.3, -0.25) is 4.79 Å². The van der Waals surface area contributed by atoms with E-state index in [9.17, 15) is 9.18 Å². The molecule has 19 heavy (non-hydrogen) atoms. The fraction of sp³-hybridized carbons (Fsp3) is 0.500. The molecule has 1 aliphatic rings. The zero-order chi connectivity index (χ0) is 13.7. The van der Waals surface area contributed by atoms with Crippen LogP contribution in [0.3, 0.4) is 0 Å². The third kappa shape index (κ3) is 3.92. The van der Waals surface area contributed by atoms with E-state index in [1.807, 2.05) is 0 Å². The van der Waals surface area contributed by atoms with Crippen molar-refractivity contribution in [3.8, 4) is 5.75 Å². The molecule has 104 valence electrons. The van der Waals surface area contributed by atoms with Gasteiger partial charge in [0.2, 0.25) is 5.91 Å². The van der Waals surface area contributed by atoms with Crippen molar-refractivity contribution in [2.75, 3.05) is 25.0 Å². The van der Waals surface area contributed by atoms with E-state index in [2.05, 4.69) is 10.6 Å². The Balaban J connectivity index is 1.91. The molecule has 1 saturated heterocycles. The maximum Gasteiger partial charge on any atom is 0.224 e. The van der Waals surface area contributed by atoms with Gasteiger partial charge in [0.25, 0.3) is 0 Å². The molecule has 1 aliphatic heterocycles. The Morgan fingerprint density at radius 2 is 2.42 bits per heavy atom. The Bertz CT molecular complexity index is 445. The molecule has 0 saturated carbocycles. The largest absolute Gasteiger partial charge is 0.491 e. The summed E-state index contributed by atoms with van der Waals surface area (Å²) < 4.78 is 18.7. The van der Waals surface area contributed by atoms with Crippen molar-refractivity contribution in [1.82, 2.24) is 5.32 Å². The van der Waals surface area contributed by atoms with Crippen LogP contribution in [0.4, 0.5) is 10.1 Å². The van der Waals surface area contributed by atoms with Crippen LogP contribution in [0, 0.1) is 11.7 Å². The van der Waals surface area contributed by atoms with Crippen molar-refractivity contribution < 1.29 is 13.9 Å². The second-order valence-electron chi connectivity index (χ2n) is 4.69. The fourth-order valence-electron chi connectivity index (χ4n) is 2.21. The van der Waals surface area contributed by atoms with Crippen LogP contribution in [-0.4, -0.2) is 25.6 Å². The second-order valence-corrected chi connectivity index (χ2v) is 4.69. The molecule has 4 nitrogen and oxygen atoms in total. The molecule has 1 unspecified atom stereocenters. The van der Waals surface area contributed by atoms with Crippen LogP contribution in [-0.2, 0) is 4.79 Å². The molecule has 2 N–H and O–H groups in total. The van der Waals surface area contributed by atoms with Crippen molar-refractivity contribution in [3.63, 3.8) is 0 Å². The van der Waals surface area contributed by atoms with E-state index in [0.29, 0.717) is 24.6 Å². The Labute approximate surface area is 112 Å². The van der Waals surface area contributed by atoms with Crippen molar-refractivity contribution in [3.05, 3.63) is 24.0 Å². The zero-order valence-electron chi connectivity index (χ0n) is 11.0. The maximum atomic E-state index is 13.6. The number of amides is 1. The highest BCUT2D eigenvalue weighted by Gasteiger charge is 2.18. The van der Waals surface area contributed by atoms with Gasteiger partial charge in [-0.15, -0.1) is 0 Å². The number of benzene rings is 1. The van der Waals surface area contributed by atoms with Crippen LogP contribution in [0.5, 0.6) is 5.75 Å². The SMILES string of the molecule is CCOc1ccc(NC(=O)CC2CCNC2)cc1F. The predicted molar refractivity (Wildman–Crippen MR) is 71.8 cm³/mol. The van der Waals surface area contributed by atoms with Gasteiger partial charge in [-0.1, -0.05) is 0 Å². The summed E-state index contributed by atoms with van der Waals surface area (Å²) in [5.41, 5.74) is 0.469. The second kappa shape index (κ2) is 6.52. The highest BCUT2D eigenvalue weighted by atomic mass is 19.1. The first-order valence-electron chi connectivity index (χ1n) is 6.62. The summed E-state index contributed by atoms with van der Waals surface area (Å²) in [5, 5.41) is 5.93. The number of hydrogen-bond acceptors (Lipinski definition) is 3. The monoisotopic (exact) mass is 266 g/mol. The Kier molecular flexibility index (Phi) is 4.74. The minimum Gasteiger partial charge on any atom is -0.491 e. The lowest BCUT2D eigenvalue weighted by atomic mass is 10.0. The number of halogens is 1. The molecule has 1 heterocycles. The van der Waals surface area contributed by atoms with Gasteiger partial charge >= 0.3 is 0 Å². The zero-order valence-corrected chi connectivity index (χ0v) is 11.0. The predicted octanol–water partition coefficient (Wildman–Crippen LogP) is 2.16. The normalized spacial score (nSPS) is 18.3. The van der Waals surface area contributed by atoms with Crippen molar-refractivity contribution in [2.24, 2.45) is 5.92 Å². The minimum atomic E-state index is -0.456. The molecule has 0 aromatic heterocycles. The fourth-order valence-corrected chi connectivity index (χ4v) is 2.21. The van der Waals surface area contributed by atoms with Crippen molar-refractivity contribution in [2.45, 2.75) is 19.8 Å². The molecule has 1 atom stereocenters. The summed E-state index contributed by atoms with van der Waals surface area (Å²) in [6.45, 7) is 4.06. The third-order valence-corrected chi connectivity index (χ3v) is 3.15. The number of ether oxygens (including phenoxy) is 1. The van der Waals surface area contributed by atoms with E-state index in [-0.39, 0.29) is 11.7 Å². The first-order chi connectivity index (χ1) is 9.19. The van der Waals surface area contributed by atoms with E-state index >= 15 is 0 Å². The van der Waals surface area contributed by atoms with Crippen LogP contribution < -0.4 is 15.4 Å². The molecule has 0 radical (unpaired) electrons. The van der Waals surface area contributed by atoms with E-state index in [4.69, 9.17) is 4.74 Å². The highest BCUT2D eigenvalue weighted by Crippen LogP contribution is 2.22. The van der Waals surface area contributed by atoms with E-state index in [1.165, 1.54) is 12.1 Å². The Morgan fingerprint density at radius 3 is 3.05 bits per heavy atom. The molecular formula is C14H19FN2O2. The number of nitrogens with one attached hydrogen (secondary N) is 2. The molecular weight excluding hydrogens is 247 g/mol. The number of carbonyl (C=O) groups excluding carboxylic acids is 1. The number of rotatable bonds is 5. The van der Waals surface area contributed by atoms with Crippen molar-refractivity contribution >= 4 is 11.6 Å². The van der Waals surface area contributed by atoms with E-state index in [0.717, 1.165) is 19.5 Å². The standard InChI is InChI=1S/C14H19FN2O2/c1-2-19-13-4-3-11(8-12(13)15)17-14(18)7-10-5-6-16-9-10/h3-4,8,10,16H,2,5-7,9H2,1H3,(H,17,18). The number of anilines is 1. The summed E-state index contributed by atoms with van der Waals surface area (Å²) >= 11 is 0. The maximum absolute atomic E-state index is 13.6. The van der Waals surface area contributed by atoms with Gasteiger partial charge in [-0.05, 0) is 44.5 Å². The molecule has 1 amide bonds. The lowest BCUT2D eigenvalue weighted by Gasteiger charge is -2.10. The van der Waals surface area contributed by atoms with Crippen LogP contribution in [0.2, 0.25) is 0 Å². The lowest BCUT2D eigenvalue weighted by Crippen LogP contribution is -2.18. The first-order valence-corrected chi connectivity index (χ1v) is 6.62. The van der Waals surface area contributed by atoms with Crippen molar-refractivity contribution in [1.29, 1.82) is 0 Å². The molecule has 1 aromatic carbocycles. The lowest BCUT2D eigenvalue weighted by molar-refractivity contribution is -0.116. The summed E-state index contributed by atoms with van der Waals surface area (Å²) in [7, 11) is 0. The Hall–Kier alpha value is -1.62. The first kappa shape index (κ1) is 13.8. The van der Waals surface area contributed by atoms with Gasteiger partial charge in [0.1, 0.15) is 0 Å². The van der Waals surface area contributed by atoms with Gasteiger partial charge in [-0.25, -0.2) is 4.39 Å². The smallest absolute Gasteiger partial charge is 0.224 e. The highest BCUT2D eigenvalue weighted by molar-refractivity contribution is 5.90. The number of hydrogen-bond donors (Lipinski definition) is 2. The molecule has 0 spiro atoms. The summed E-state index contributed by atoms with van der Waals surface area (Å²) in [4.78, 5) is 11.8. The molecule has 5 heteroatoms. The topological polar surface area (TPSA) is 50.4 Å². The van der Waals surface area contributed by atoms with Crippen LogP contribution in [0.1, 0.15) is 19.8 Å². The molecule has 2 rings (SSSR count). The summed E-state index contributed by atoms with van der Waals surface area (Å²) in [6.07, 6.45) is 1.49. The number of carbonyl (C=O) groups is 1. The van der Waals surface area contributed by atoms with Crippen LogP contribution >= 0.6 is 0 Å². The summed E-state index contributed by atoms with van der Waals surface area (Å²) in [5.74, 6) is 0.0625. The van der Waals surface area contributed by atoms with Gasteiger partial charge < -0.3 is 15.4 Å². The molecule has 1 aromatic rings. The average molecular weight is 266 g/mol. The van der Waals surface area contributed by atoms with Crippen LogP contribution in [0.15, 0.2) is 18.2 Å². The average Bonchev–Trinajstić information content (AvgIpc) is 2.85. The quantitative estimate of drug-likeness (QED) is 0.858. The van der Waals surface area contributed by atoms with E-state index < -0.39 is 5.82 Å². The summed E-state index contributed by atoms with van der Waals surface area (Å²) in [6, 6.07) is 4.47. The Morgan fingerprint density at radius 1 is 1.58 bits per heavy atom. The van der Waals surface area contributed by atoms with Gasteiger partial charge in [0.15, 0.2) is 11.6 Å².